The van der Waals surface area contributed by atoms with Crippen LogP contribution in [0.3, 0.4) is 0 Å². The van der Waals surface area contributed by atoms with E-state index in [1.54, 1.807) is 19.9 Å². The third-order valence-electron chi connectivity index (χ3n) is 4.89. The zero-order valence-corrected chi connectivity index (χ0v) is 22.6. The van der Waals surface area contributed by atoms with Crippen LogP contribution in [0.1, 0.15) is 31.4 Å². The van der Waals surface area contributed by atoms with Crippen molar-refractivity contribution in [2.45, 2.75) is 39.0 Å². The Morgan fingerprint density at radius 1 is 1.23 bits per heavy atom. The molecule has 1 aromatic carbocycles. The number of nitrogens with one attached hydrogen (secondary N) is 1. The van der Waals surface area contributed by atoms with Gasteiger partial charge in [0.15, 0.2) is 0 Å². The Balaban J connectivity index is 2.19. The maximum atomic E-state index is 13.0. The molecule has 0 spiro atoms. The minimum Gasteiger partial charge on any atom is -0.491 e. The van der Waals surface area contributed by atoms with Crippen molar-refractivity contribution in [1.29, 1.82) is 0 Å². The smallest absolute Gasteiger partial charge is 0.422 e. The van der Waals surface area contributed by atoms with Crippen LogP contribution < -0.4 is 14.2 Å². The summed E-state index contributed by atoms with van der Waals surface area (Å²) in [4.78, 5) is 15.3. The topological polar surface area (TPSA) is 148 Å². The molecule has 0 aliphatic rings. The van der Waals surface area contributed by atoms with Crippen molar-refractivity contribution in [2.75, 3.05) is 32.9 Å². The third-order valence-corrected chi connectivity index (χ3v) is 6.65. The fourth-order valence-electron chi connectivity index (χ4n) is 3.12. The molecule has 2 aromatic rings. The second-order valence-electron chi connectivity index (χ2n) is 8.23. The molecule has 0 saturated heterocycles. The minimum atomic E-state index is -4.66. The van der Waals surface area contributed by atoms with Gasteiger partial charge in [0, 0.05) is 25.4 Å². The van der Waals surface area contributed by atoms with Crippen LogP contribution >= 0.6 is 11.6 Å². The number of aliphatic hydroxyl groups excluding tert-OH is 1. The molecular formula is C23H29ClF3N3O8S. The van der Waals surface area contributed by atoms with Crippen LogP contribution in [0.5, 0.6) is 17.4 Å². The zero-order chi connectivity index (χ0) is 29.2. The van der Waals surface area contributed by atoms with E-state index in [2.05, 4.69) is 9.71 Å². The van der Waals surface area contributed by atoms with Gasteiger partial charge in [0.2, 0.25) is 5.88 Å². The number of carbonyl (C=O) groups is 1. The monoisotopic (exact) mass is 599 g/mol. The summed E-state index contributed by atoms with van der Waals surface area (Å²) in [5.74, 6) is 0.00876. The summed E-state index contributed by atoms with van der Waals surface area (Å²) < 4.78 is 82.4. The Morgan fingerprint density at radius 3 is 2.54 bits per heavy atom. The number of amides is 1. The van der Waals surface area contributed by atoms with Crippen LogP contribution in [0, 0.1) is 0 Å². The van der Waals surface area contributed by atoms with E-state index in [1.165, 1.54) is 12.1 Å². The first-order valence-corrected chi connectivity index (χ1v) is 13.5. The Morgan fingerprint density at radius 2 is 1.95 bits per heavy atom. The number of nitrogens with zero attached hydrogens (tertiary/aromatic N) is 2. The Bertz CT molecular complexity index is 1220. The van der Waals surface area contributed by atoms with Gasteiger partial charge in [-0.1, -0.05) is 17.7 Å². The Labute approximate surface area is 228 Å². The summed E-state index contributed by atoms with van der Waals surface area (Å²) in [6, 6.07) is 5.12. The molecule has 0 bridgehead atoms. The van der Waals surface area contributed by atoms with Crippen molar-refractivity contribution in [2.24, 2.45) is 0 Å². The highest BCUT2D eigenvalue weighted by Gasteiger charge is 2.32. The summed E-state index contributed by atoms with van der Waals surface area (Å²) >= 11 is 5.96. The molecule has 0 radical (unpaired) electrons. The Hall–Kier alpha value is -2.85. The number of hydrogen-bond acceptors (Lipinski definition) is 8. The molecule has 0 unspecified atom stereocenters. The highest BCUT2D eigenvalue weighted by molar-refractivity contribution is 7.87. The number of aryl methyl sites for hydroxylation is 1. The molecule has 1 amide bonds. The average Bonchev–Trinajstić information content (AvgIpc) is 2.84. The average molecular weight is 600 g/mol. The number of aromatic nitrogens is 1. The van der Waals surface area contributed by atoms with Crippen LogP contribution in [0.25, 0.3) is 0 Å². The third kappa shape index (κ3) is 10.3. The molecule has 0 atom stereocenters. The summed E-state index contributed by atoms with van der Waals surface area (Å²) in [7, 11) is -4.36. The molecule has 0 aliphatic heterocycles. The fourth-order valence-corrected chi connectivity index (χ4v) is 4.40. The molecule has 39 heavy (non-hydrogen) atoms. The maximum Gasteiger partial charge on any atom is 0.422 e. The number of carboxylic acid groups (broad SMARTS) is 1. The van der Waals surface area contributed by atoms with E-state index in [-0.39, 0.29) is 67.0 Å². The number of hydrogen-bond donors (Lipinski definition) is 3. The number of alkyl halides is 3. The van der Waals surface area contributed by atoms with Gasteiger partial charge in [0.05, 0.1) is 24.9 Å². The molecule has 218 valence electrons. The number of pyridine rings is 1. The van der Waals surface area contributed by atoms with E-state index in [9.17, 15) is 31.5 Å². The predicted octanol–water partition coefficient (Wildman–Crippen LogP) is 4.09. The minimum absolute atomic E-state index is 0.0249. The number of rotatable bonds is 15. The molecule has 0 aliphatic carbocycles. The van der Waals surface area contributed by atoms with Crippen molar-refractivity contribution >= 4 is 27.9 Å². The first-order valence-electron chi connectivity index (χ1n) is 11.6. The van der Waals surface area contributed by atoms with Crippen LogP contribution in [-0.2, 0) is 27.5 Å². The quantitative estimate of drug-likeness (QED) is 0.257. The molecule has 3 N–H and O–H groups in total. The molecule has 1 aromatic heterocycles. The van der Waals surface area contributed by atoms with E-state index in [0.29, 0.717) is 17.8 Å². The molecule has 0 saturated carbocycles. The number of benzene rings is 1. The molecule has 1 heterocycles. The molecular weight excluding hydrogens is 571 g/mol. The SMILES string of the molecule is CC(C)OCCNS(=O)(=O)N(CCCc1ccc(OCCO)cc1Oc1ncc(C(F)(F)F)cc1Cl)C(=O)O. The van der Waals surface area contributed by atoms with Crippen molar-refractivity contribution in [3.8, 4) is 17.4 Å². The van der Waals surface area contributed by atoms with Gasteiger partial charge in [0.25, 0.3) is 0 Å². The van der Waals surface area contributed by atoms with Gasteiger partial charge in [-0.25, -0.2) is 9.78 Å². The van der Waals surface area contributed by atoms with E-state index in [0.717, 1.165) is 0 Å². The number of aliphatic hydroxyl groups is 1. The lowest BCUT2D eigenvalue weighted by molar-refractivity contribution is -0.137. The molecule has 16 heteroatoms. The lowest BCUT2D eigenvalue weighted by Gasteiger charge is -2.20. The van der Waals surface area contributed by atoms with Gasteiger partial charge in [-0.3, -0.25) is 0 Å². The number of halogens is 4. The van der Waals surface area contributed by atoms with Gasteiger partial charge in [-0.2, -0.15) is 30.6 Å². The largest absolute Gasteiger partial charge is 0.491 e. The van der Waals surface area contributed by atoms with E-state index >= 15 is 0 Å². The van der Waals surface area contributed by atoms with Gasteiger partial charge < -0.3 is 24.4 Å². The summed E-state index contributed by atoms with van der Waals surface area (Å²) in [6.45, 7) is 2.73. The lowest BCUT2D eigenvalue weighted by atomic mass is 10.1. The van der Waals surface area contributed by atoms with Crippen LogP contribution in [0.15, 0.2) is 30.5 Å². The normalized spacial score (nSPS) is 12.0. The second kappa shape index (κ2) is 14.5. The highest BCUT2D eigenvalue weighted by atomic mass is 35.5. The maximum absolute atomic E-state index is 13.0. The van der Waals surface area contributed by atoms with Crippen molar-refractivity contribution in [3.05, 3.63) is 46.6 Å². The van der Waals surface area contributed by atoms with Gasteiger partial charge in [-0.05, 0) is 44.4 Å². The van der Waals surface area contributed by atoms with Crippen molar-refractivity contribution < 1.29 is 50.8 Å². The standard InChI is InChI=1S/C23H29ClF3N3O8S/c1-15(2)36-10-7-29-39(34,35)30(22(32)33)8-3-4-16-5-6-18(37-11-9-31)13-20(16)38-21-19(24)12-17(14-28-21)23(25,26)27/h5-6,12-15,29,31H,3-4,7-11H2,1-2H3,(H,32,33). The van der Waals surface area contributed by atoms with Gasteiger partial charge in [0.1, 0.15) is 23.1 Å². The van der Waals surface area contributed by atoms with E-state index in [1.807, 2.05) is 0 Å². The lowest BCUT2D eigenvalue weighted by Crippen LogP contribution is -2.45. The van der Waals surface area contributed by atoms with E-state index in [4.69, 9.17) is 30.9 Å². The zero-order valence-electron chi connectivity index (χ0n) is 21.1. The van der Waals surface area contributed by atoms with Crippen LogP contribution in [0.2, 0.25) is 5.02 Å². The Kier molecular flexibility index (Phi) is 12.0. The number of ether oxygens (including phenoxy) is 3. The molecule has 11 nitrogen and oxygen atoms in total. The predicted molar refractivity (Wildman–Crippen MR) is 134 cm³/mol. The molecule has 2 rings (SSSR count). The summed E-state index contributed by atoms with van der Waals surface area (Å²) in [5, 5.41) is 18.0. The van der Waals surface area contributed by atoms with Gasteiger partial charge in [-0.15, -0.1) is 0 Å². The van der Waals surface area contributed by atoms with Gasteiger partial charge >= 0.3 is 22.5 Å². The first-order chi connectivity index (χ1) is 18.2. The fraction of sp³-hybridized carbons (Fsp3) is 0.478. The van der Waals surface area contributed by atoms with Crippen LogP contribution in [-0.4, -0.2) is 73.0 Å². The van der Waals surface area contributed by atoms with Crippen molar-refractivity contribution in [1.82, 2.24) is 14.0 Å². The summed E-state index contributed by atoms with van der Waals surface area (Å²) in [6.07, 6.45) is -5.79. The summed E-state index contributed by atoms with van der Waals surface area (Å²) in [5.41, 5.74) is -0.635. The van der Waals surface area contributed by atoms with Crippen molar-refractivity contribution in [3.63, 3.8) is 0 Å². The second-order valence-corrected chi connectivity index (χ2v) is 10.3. The van der Waals surface area contributed by atoms with E-state index < -0.39 is 39.6 Å². The molecule has 0 fully saturated rings. The highest BCUT2D eigenvalue weighted by Crippen LogP contribution is 2.36. The van der Waals surface area contributed by atoms with Crippen LogP contribution in [0.4, 0.5) is 18.0 Å². The first kappa shape index (κ1) is 32.4.